The zero-order valence-corrected chi connectivity index (χ0v) is 75.6. The van der Waals surface area contributed by atoms with E-state index in [1.54, 1.807) is 98.4 Å². The van der Waals surface area contributed by atoms with Crippen LogP contribution in [0.1, 0.15) is 144 Å². The van der Waals surface area contributed by atoms with Crippen molar-refractivity contribution < 1.29 is 90.4 Å². The Morgan fingerprint density at radius 1 is 0.402 bits per heavy atom. The molecule has 6 bridgehead atoms. The van der Waals surface area contributed by atoms with Crippen LogP contribution in [0.3, 0.4) is 0 Å². The number of aromatic nitrogens is 4. The Hall–Kier alpha value is -11.8. The van der Waals surface area contributed by atoms with Gasteiger partial charge in [0.25, 0.3) is 23.6 Å². The number of alkyl halides is 2. The molecule has 0 radical (unpaired) electrons. The second-order valence-corrected chi connectivity index (χ2v) is 32.6. The van der Waals surface area contributed by atoms with Crippen LogP contribution in [0.2, 0.25) is 0 Å². The Kier molecular flexibility index (Phi) is 32.6. The SMILES string of the molecule is C.C.CC(C)(C)[O-].Fc1ccc(CBr)c(CBr)c1.O=C1NCNn2ccc(=O)c(OCc3ccccc3)c21.O=C1c2c(OCc3ccccc3)c(=O)c(I)cn2N2Cc3ccc(F)cc3CN1C2.O=C1c2c(OCc3ccccc3)c(=O)ccn2N2Cc3cc(F)ccc3CN1C2.O=C1c2c(OCc3ccccc3)c(=O)ccn2N2Cc3ccc(F)cc3CN1C2.[Na+]. The number of nitrogens with zero attached hydrogens (tertiary/aromatic N) is 10. The molecule has 0 saturated carbocycles. The molecule has 19 rings (SSSR count). The molecule has 0 fully saturated rings. The molecule has 7 aliphatic rings. The topological polar surface area (TPSA) is 260 Å². The van der Waals surface area contributed by atoms with Crippen molar-refractivity contribution >= 4 is 78.1 Å². The molecule has 7 aliphatic heterocycles. The van der Waals surface area contributed by atoms with Gasteiger partial charge in [-0.1, -0.05) is 213 Å². The number of benzene rings is 8. The molecule has 0 aliphatic carbocycles. The Morgan fingerprint density at radius 3 is 1.13 bits per heavy atom. The molecule has 12 aromatic rings. The van der Waals surface area contributed by atoms with Crippen molar-refractivity contribution in [2.45, 2.75) is 118 Å². The van der Waals surface area contributed by atoms with Crippen molar-refractivity contribution in [3.63, 3.8) is 0 Å². The van der Waals surface area contributed by atoms with Crippen molar-refractivity contribution in [1.82, 2.24) is 38.7 Å². The van der Waals surface area contributed by atoms with Crippen LogP contribution in [-0.2, 0) is 76.4 Å². The van der Waals surface area contributed by atoms with Crippen LogP contribution in [0, 0.1) is 26.8 Å². The van der Waals surface area contributed by atoms with Gasteiger partial charge in [-0.2, -0.15) is 0 Å². The molecule has 127 heavy (non-hydrogen) atoms. The van der Waals surface area contributed by atoms with E-state index < -0.39 is 5.60 Å². The zero-order valence-electron chi connectivity index (χ0n) is 68.3. The van der Waals surface area contributed by atoms with Crippen LogP contribution in [-0.4, -0.2) is 89.3 Å². The van der Waals surface area contributed by atoms with Crippen molar-refractivity contribution in [1.29, 1.82) is 0 Å². The van der Waals surface area contributed by atoms with Crippen LogP contribution in [0.15, 0.2) is 256 Å². The van der Waals surface area contributed by atoms with Gasteiger partial charge in [-0.05, 0) is 138 Å². The molecule has 0 unspecified atom stereocenters. The largest absolute Gasteiger partial charge is 1.00 e. The number of rotatable bonds is 14. The Balaban J connectivity index is 0.000000155. The third kappa shape index (κ3) is 23.2. The van der Waals surface area contributed by atoms with Gasteiger partial charge in [0, 0.05) is 73.3 Å². The van der Waals surface area contributed by atoms with Gasteiger partial charge in [-0.25, -0.2) is 17.6 Å². The van der Waals surface area contributed by atoms with Gasteiger partial charge in [0.05, 0.1) is 23.2 Å². The molecule has 11 heterocycles. The Bertz CT molecular complexity index is 6230. The van der Waals surface area contributed by atoms with Crippen molar-refractivity contribution in [3.05, 3.63) is 394 Å². The molecule has 0 atom stereocenters. The minimum atomic E-state index is -0.750. The fraction of sp³-hybridized carbons (Fsp3) is 0.234. The minimum absolute atomic E-state index is 0. The third-order valence-electron chi connectivity index (χ3n) is 20.3. The van der Waals surface area contributed by atoms with Crippen LogP contribution < -0.4 is 101 Å². The van der Waals surface area contributed by atoms with Crippen LogP contribution in [0.25, 0.3) is 0 Å². The number of fused-ring (bicyclic) bond motifs is 16. The first-order valence-electron chi connectivity index (χ1n) is 39.2. The van der Waals surface area contributed by atoms with E-state index in [4.69, 9.17) is 18.9 Å². The van der Waals surface area contributed by atoms with E-state index in [-0.39, 0.29) is 198 Å². The first kappa shape index (κ1) is 95.9. The zero-order chi connectivity index (χ0) is 87.5. The number of pyridine rings is 4. The number of hydrogen-bond acceptors (Lipinski definition) is 17. The molecule has 33 heteroatoms. The van der Waals surface area contributed by atoms with E-state index in [0.717, 1.165) is 72.1 Å². The summed E-state index contributed by atoms with van der Waals surface area (Å²) in [7, 11) is 0. The van der Waals surface area contributed by atoms with Crippen LogP contribution >= 0.6 is 54.5 Å². The number of hydrogen-bond donors (Lipinski definition) is 2. The number of carbonyl (C=O) groups is 4. The summed E-state index contributed by atoms with van der Waals surface area (Å²) in [5.41, 5.74) is 12.6. The number of ether oxygens (including phenoxy) is 4. The summed E-state index contributed by atoms with van der Waals surface area (Å²) in [6, 6.07) is 60.8. The van der Waals surface area contributed by atoms with E-state index in [0.29, 0.717) is 61.8 Å². The first-order chi connectivity index (χ1) is 59.7. The summed E-state index contributed by atoms with van der Waals surface area (Å²) in [6.45, 7) is 9.36. The van der Waals surface area contributed by atoms with E-state index in [2.05, 4.69) is 42.6 Å². The maximum absolute atomic E-state index is 13.8. The molecule has 25 nitrogen and oxygen atoms in total. The molecule has 0 saturated heterocycles. The van der Waals surface area contributed by atoms with E-state index in [1.165, 1.54) is 71.5 Å². The molecule has 2 N–H and O–H groups in total. The van der Waals surface area contributed by atoms with Gasteiger partial charge >= 0.3 is 29.6 Å². The quantitative estimate of drug-likeness (QED) is 0.0444. The second kappa shape index (κ2) is 43.1. The van der Waals surface area contributed by atoms with E-state index in [9.17, 15) is 61.0 Å². The van der Waals surface area contributed by atoms with Gasteiger partial charge in [0.2, 0.25) is 21.7 Å². The molecular formula is C94H90Br2F4IN12NaO13. The smallest absolute Gasteiger partial charge is 0.850 e. The van der Waals surface area contributed by atoms with Gasteiger partial charge in [-0.3, -0.25) is 72.1 Å². The summed E-state index contributed by atoms with van der Waals surface area (Å²) in [6.07, 6.45) is 6.35. The first-order valence-corrected chi connectivity index (χ1v) is 42.5. The average molecular weight is 1980 g/mol. The van der Waals surface area contributed by atoms with Gasteiger partial charge in [0.1, 0.15) is 76.4 Å². The van der Waals surface area contributed by atoms with Crippen molar-refractivity contribution in [2.75, 3.05) is 47.1 Å². The predicted molar refractivity (Wildman–Crippen MR) is 484 cm³/mol. The third-order valence-corrected chi connectivity index (χ3v) is 22.3. The summed E-state index contributed by atoms with van der Waals surface area (Å²) in [5.74, 6) is -2.20. The molecule has 0 spiro atoms. The summed E-state index contributed by atoms with van der Waals surface area (Å²) in [4.78, 5) is 106. The van der Waals surface area contributed by atoms with Gasteiger partial charge < -0.3 is 49.5 Å². The molecule has 4 aromatic heterocycles. The fourth-order valence-electron chi connectivity index (χ4n) is 14.4. The average Bonchev–Trinajstić information content (AvgIpc) is 1.72. The van der Waals surface area contributed by atoms with Gasteiger partial charge in [-0.15, -0.1) is 5.60 Å². The maximum Gasteiger partial charge on any atom is 1.00 e. The number of halogens is 7. The number of amides is 4. The van der Waals surface area contributed by atoms with Gasteiger partial charge in [0.15, 0.2) is 45.8 Å². The predicted octanol–water partition coefficient (Wildman–Crippen LogP) is 11.2. The fourth-order valence-corrected chi connectivity index (χ4v) is 16.0. The van der Waals surface area contributed by atoms with Crippen molar-refractivity contribution in [2.24, 2.45) is 0 Å². The molecular weight excluding hydrogens is 1890 g/mol. The summed E-state index contributed by atoms with van der Waals surface area (Å²) >= 11 is 8.59. The molecule has 654 valence electrons. The number of nitrogens with one attached hydrogen (secondary N) is 2. The monoisotopic (exact) mass is 1980 g/mol. The normalized spacial score (nSPS) is 13.7. The summed E-state index contributed by atoms with van der Waals surface area (Å²) in [5, 5.41) is 20.0. The van der Waals surface area contributed by atoms with Crippen LogP contribution in [0.5, 0.6) is 23.0 Å². The standard InChI is InChI=1S/C22H17FIN3O3.2C22H18FN3O3.C14H13N3O3.C8H7Br2F.C4H9O.2CH4.Na/c23-17-7-6-15-10-26-13-25(9-16(15)8-17)22(29)19-21(20(28)18(24)11-27(19)26)30-12-14-4-2-1-3-5-14;23-18-7-6-16-12-25-14-24(11-17(16)10-18)22(28)20-21(19(27)8-9-26(20)25)29-13-15-4-2-1-3-5-15;23-18-7-6-16-11-24-14-25(12-17(16)10-18)26-9-8-19(27)21(20(26)22(24)28)29-13-15-4-2-1-3-5-15;18-11-6-7-17-12(14(19)15-9-16-17)13(11)20-8-10-4-2-1-3-5-10;9-4-6-1-2-8(11)3-7(6)5-10;1-4(2,3)5;;;/h1-8,11H,9-10,12-13H2;2*1-10H,11-14H2;1-7,16H,8-9H2,(H,15,19);1-3H,4-5H2;1-3H3;2*1H4;/q;;;;;-1;;;+1. The van der Waals surface area contributed by atoms with E-state index in [1.807, 2.05) is 159 Å². The summed E-state index contributed by atoms with van der Waals surface area (Å²) < 4.78 is 84.0. The Morgan fingerprint density at radius 2 is 0.724 bits per heavy atom. The Labute approximate surface area is 782 Å². The van der Waals surface area contributed by atoms with E-state index >= 15 is 0 Å². The number of carbonyl (C=O) groups excluding carboxylic acids is 4. The van der Waals surface area contributed by atoms with Crippen molar-refractivity contribution in [3.8, 4) is 23.0 Å². The second-order valence-electron chi connectivity index (χ2n) is 30.4. The van der Waals surface area contributed by atoms with Crippen LogP contribution in [0.4, 0.5) is 17.6 Å². The minimum Gasteiger partial charge on any atom is -0.850 e. The molecule has 4 amide bonds. The molecule has 8 aromatic carbocycles. The maximum atomic E-state index is 13.8.